The zero-order valence-corrected chi connectivity index (χ0v) is 19.5. The molecule has 7 nitrogen and oxygen atoms in total. The van der Waals surface area contributed by atoms with E-state index in [0.717, 1.165) is 63.7 Å². The summed E-state index contributed by atoms with van der Waals surface area (Å²) < 4.78 is 5.43. The molecule has 1 saturated heterocycles. The number of hydrogen-bond donors (Lipinski definition) is 2. The first-order valence-corrected chi connectivity index (χ1v) is 10.9. The van der Waals surface area contributed by atoms with Gasteiger partial charge in [0.05, 0.1) is 12.8 Å². The summed E-state index contributed by atoms with van der Waals surface area (Å²) in [6, 6.07) is 4.92. The molecular weight excluding hydrogens is 481 g/mol. The lowest BCUT2D eigenvalue weighted by molar-refractivity contribution is -0.122. The topological polar surface area (TPSA) is 73.1 Å². The van der Waals surface area contributed by atoms with Gasteiger partial charge in [0.2, 0.25) is 5.91 Å². The molecule has 2 heterocycles. The second-order valence-corrected chi connectivity index (χ2v) is 8.27. The number of amides is 1. The molecule has 0 aromatic carbocycles. The van der Waals surface area contributed by atoms with Crippen LogP contribution < -0.4 is 10.6 Å². The van der Waals surface area contributed by atoms with E-state index in [0.29, 0.717) is 18.6 Å². The van der Waals surface area contributed by atoms with Gasteiger partial charge in [0, 0.05) is 51.2 Å². The van der Waals surface area contributed by atoms with Crippen LogP contribution in [0.5, 0.6) is 0 Å². The largest absolute Gasteiger partial charge is 0.469 e. The third-order valence-electron chi connectivity index (χ3n) is 5.87. The lowest BCUT2D eigenvalue weighted by Gasteiger charge is -2.37. The standard InChI is InChI=1S/C21H33N5O2.HI/c27-20(23-18-7-8-18)16-25-11-13-26(14-12-25)21(24-17-4-1-2-5-17)22-10-9-19-6-3-15-28-19;/h3,6,15,17-18H,1-2,4-5,7-14,16H2,(H,22,24)(H,23,27);1H. The molecule has 1 aliphatic heterocycles. The van der Waals surface area contributed by atoms with Crippen molar-refractivity contribution in [3.8, 4) is 0 Å². The van der Waals surface area contributed by atoms with Gasteiger partial charge in [-0.05, 0) is 37.8 Å². The number of guanidine groups is 1. The number of nitrogens with one attached hydrogen (secondary N) is 2. The van der Waals surface area contributed by atoms with Crippen LogP contribution >= 0.6 is 24.0 Å². The highest BCUT2D eigenvalue weighted by Crippen LogP contribution is 2.19. The molecule has 0 bridgehead atoms. The summed E-state index contributed by atoms with van der Waals surface area (Å²) in [7, 11) is 0. The normalized spacial score (nSPS) is 21.1. The molecule has 4 rings (SSSR count). The van der Waals surface area contributed by atoms with Crippen molar-refractivity contribution in [2.45, 2.75) is 57.0 Å². The number of carbonyl (C=O) groups excluding carboxylic acids is 1. The van der Waals surface area contributed by atoms with Crippen molar-refractivity contribution in [1.82, 2.24) is 20.4 Å². The molecule has 1 aromatic heterocycles. The Kier molecular flexibility index (Phi) is 8.65. The van der Waals surface area contributed by atoms with E-state index in [4.69, 9.17) is 9.41 Å². The van der Waals surface area contributed by atoms with Gasteiger partial charge in [-0.3, -0.25) is 14.7 Å². The van der Waals surface area contributed by atoms with Crippen molar-refractivity contribution in [1.29, 1.82) is 0 Å². The van der Waals surface area contributed by atoms with Crippen molar-refractivity contribution in [2.24, 2.45) is 4.99 Å². The first-order chi connectivity index (χ1) is 13.8. The maximum Gasteiger partial charge on any atom is 0.234 e. The second-order valence-electron chi connectivity index (χ2n) is 8.27. The fourth-order valence-electron chi connectivity index (χ4n) is 4.04. The number of carbonyl (C=O) groups is 1. The van der Waals surface area contributed by atoms with E-state index in [-0.39, 0.29) is 29.9 Å². The fourth-order valence-corrected chi connectivity index (χ4v) is 4.04. The maximum atomic E-state index is 12.0. The van der Waals surface area contributed by atoms with Crippen LogP contribution in [0.3, 0.4) is 0 Å². The first-order valence-electron chi connectivity index (χ1n) is 10.9. The van der Waals surface area contributed by atoms with Gasteiger partial charge in [-0.2, -0.15) is 0 Å². The van der Waals surface area contributed by atoms with Gasteiger partial charge < -0.3 is 20.0 Å². The van der Waals surface area contributed by atoms with Crippen molar-refractivity contribution in [2.75, 3.05) is 39.3 Å². The van der Waals surface area contributed by atoms with Gasteiger partial charge in [0.1, 0.15) is 5.76 Å². The SMILES string of the molecule is I.O=C(CN1CCN(C(=NCCc2ccco2)NC2CCCC2)CC1)NC1CC1. The highest BCUT2D eigenvalue weighted by molar-refractivity contribution is 14.0. The lowest BCUT2D eigenvalue weighted by Crippen LogP contribution is -2.55. The maximum absolute atomic E-state index is 12.0. The van der Waals surface area contributed by atoms with Gasteiger partial charge in [-0.25, -0.2) is 0 Å². The van der Waals surface area contributed by atoms with E-state index in [2.05, 4.69) is 20.4 Å². The number of furan rings is 1. The van der Waals surface area contributed by atoms with Crippen LogP contribution in [0.2, 0.25) is 0 Å². The zero-order chi connectivity index (χ0) is 19.2. The number of nitrogens with zero attached hydrogens (tertiary/aromatic N) is 3. The lowest BCUT2D eigenvalue weighted by atomic mass is 10.2. The monoisotopic (exact) mass is 515 g/mol. The molecule has 2 aliphatic carbocycles. The molecule has 2 N–H and O–H groups in total. The number of aliphatic imine (C=N–C) groups is 1. The Balaban J connectivity index is 0.00000240. The molecular formula is C21H34IN5O2. The molecule has 8 heteroatoms. The molecule has 0 atom stereocenters. The Labute approximate surface area is 190 Å². The van der Waals surface area contributed by atoms with Gasteiger partial charge >= 0.3 is 0 Å². The average Bonchev–Trinajstić information content (AvgIpc) is 3.14. The Morgan fingerprint density at radius 1 is 1.07 bits per heavy atom. The minimum Gasteiger partial charge on any atom is -0.469 e. The summed E-state index contributed by atoms with van der Waals surface area (Å²) in [5.41, 5.74) is 0. The van der Waals surface area contributed by atoms with Gasteiger partial charge in [0.25, 0.3) is 0 Å². The summed E-state index contributed by atoms with van der Waals surface area (Å²) in [5.74, 6) is 2.18. The summed E-state index contributed by atoms with van der Waals surface area (Å²) in [6.07, 6.45) is 9.91. The van der Waals surface area contributed by atoms with Crippen LogP contribution in [0, 0.1) is 0 Å². The summed E-state index contributed by atoms with van der Waals surface area (Å²) in [4.78, 5) is 21.6. The van der Waals surface area contributed by atoms with Crippen LogP contribution in [-0.4, -0.2) is 73.0 Å². The molecule has 29 heavy (non-hydrogen) atoms. The van der Waals surface area contributed by atoms with Gasteiger partial charge in [-0.15, -0.1) is 24.0 Å². The van der Waals surface area contributed by atoms with Crippen molar-refractivity contribution in [3.63, 3.8) is 0 Å². The van der Waals surface area contributed by atoms with Crippen LogP contribution in [0.25, 0.3) is 0 Å². The van der Waals surface area contributed by atoms with Crippen LogP contribution in [0.15, 0.2) is 27.8 Å². The Hall–Kier alpha value is -1.29. The van der Waals surface area contributed by atoms with E-state index in [9.17, 15) is 4.79 Å². The van der Waals surface area contributed by atoms with Crippen molar-refractivity contribution in [3.05, 3.63) is 24.2 Å². The highest BCUT2D eigenvalue weighted by Gasteiger charge is 2.26. The van der Waals surface area contributed by atoms with E-state index in [1.165, 1.54) is 25.7 Å². The van der Waals surface area contributed by atoms with E-state index >= 15 is 0 Å². The molecule has 0 unspecified atom stereocenters. The summed E-state index contributed by atoms with van der Waals surface area (Å²) in [6.45, 7) is 4.88. The first kappa shape index (κ1) is 22.4. The zero-order valence-electron chi connectivity index (χ0n) is 17.1. The molecule has 1 amide bonds. The smallest absolute Gasteiger partial charge is 0.234 e. The highest BCUT2D eigenvalue weighted by atomic mass is 127. The molecule has 162 valence electrons. The molecule has 0 radical (unpaired) electrons. The van der Waals surface area contributed by atoms with Crippen molar-refractivity contribution < 1.29 is 9.21 Å². The number of hydrogen-bond acceptors (Lipinski definition) is 4. The van der Waals surface area contributed by atoms with Crippen LogP contribution in [0.1, 0.15) is 44.3 Å². The average molecular weight is 515 g/mol. The minimum atomic E-state index is 0. The van der Waals surface area contributed by atoms with E-state index in [1.54, 1.807) is 6.26 Å². The van der Waals surface area contributed by atoms with Gasteiger partial charge in [0.15, 0.2) is 5.96 Å². The van der Waals surface area contributed by atoms with Crippen molar-refractivity contribution >= 4 is 35.8 Å². The molecule has 2 saturated carbocycles. The Bertz CT molecular complexity index is 648. The Morgan fingerprint density at radius 3 is 2.45 bits per heavy atom. The number of rotatable bonds is 7. The molecule has 3 aliphatic rings. The van der Waals surface area contributed by atoms with Crippen LogP contribution in [-0.2, 0) is 11.2 Å². The number of halogens is 1. The predicted molar refractivity (Wildman–Crippen MR) is 125 cm³/mol. The van der Waals surface area contributed by atoms with Crippen LogP contribution in [0.4, 0.5) is 0 Å². The molecule has 1 aromatic rings. The second kappa shape index (κ2) is 11.2. The minimum absolute atomic E-state index is 0. The summed E-state index contributed by atoms with van der Waals surface area (Å²) >= 11 is 0. The van der Waals surface area contributed by atoms with Gasteiger partial charge in [-0.1, -0.05) is 12.8 Å². The number of piperazine rings is 1. The predicted octanol–water partition coefficient (Wildman–Crippen LogP) is 2.22. The van der Waals surface area contributed by atoms with E-state index in [1.807, 2.05) is 12.1 Å². The fraction of sp³-hybridized carbons (Fsp3) is 0.714. The third kappa shape index (κ3) is 7.16. The molecule has 0 spiro atoms. The Morgan fingerprint density at radius 2 is 1.79 bits per heavy atom. The summed E-state index contributed by atoms with van der Waals surface area (Å²) in [5, 5.41) is 6.79. The quantitative estimate of drug-likeness (QED) is 0.331. The molecule has 3 fully saturated rings. The third-order valence-corrected chi connectivity index (χ3v) is 5.87. The van der Waals surface area contributed by atoms with E-state index < -0.39 is 0 Å².